The maximum Gasteiger partial charge on any atom is 0.196 e. The SMILES string of the molecule is CCCCc1ccc(C(=O)c2cncnc2)cc1. The van der Waals surface area contributed by atoms with E-state index in [4.69, 9.17) is 0 Å². The first-order valence-corrected chi connectivity index (χ1v) is 6.20. The van der Waals surface area contributed by atoms with Gasteiger partial charge >= 0.3 is 0 Å². The van der Waals surface area contributed by atoms with Gasteiger partial charge in [-0.3, -0.25) is 4.79 Å². The van der Waals surface area contributed by atoms with Crippen molar-refractivity contribution in [3.8, 4) is 0 Å². The number of carbonyl (C=O) groups excluding carboxylic acids is 1. The standard InChI is InChI=1S/C15H16N2O/c1-2-3-4-12-5-7-13(8-6-12)15(18)14-9-16-11-17-10-14/h5-11H,2-4H2,1H3. The van der Waals surface area contributed by atoms with Gasteiger partial charge in [-0.15, -0.1) is 0 Å². The number of carbonyl (C=O) groups is 1. The summed E-state index contributed by atoms with van der Waals surface area (Å²) in [6.45, 7) is 2.17. The second-order valence-electron chi connectivity index (χ2n) is 4.26. The van der Waals surface area contributed by atoms with Gasteiger partial charge in [0.25, 0.3) is 0 Å². The lowest BCUT2D eigenvalue weighted by Gasteiger charge is -2.03. The third kappa shape index (κ3) is 3.00. The van der Waals surface area contributed by atoms with Crippen molar-refractivity contribution in [1.29, 1.82) is 0 Å². The highest BCUT2D eigenvalue weighted by atomic mass is 16.1. The molecule has 0 amide bonds. The van der Waals surface area contributed by atoms with Crippen molar-refractivity contribution in [2.45, 2.75) is 26.2 Å². The van der Waals surface area contributed by atoms with Crippen molar-refractivity contribution >= 4 is 5.78 Å². The molecule has 0 aliphatic carbocycles. The maximum atomic E-state index is 12.1. The van der Waals surface area contributed by atoms with Crippen molar-refractivity contribution in [2.24, 2.45) is 0 Å². The van der Waals surface area contributed by atoms with Gasteiger partial charge < -0.3 is 0 Å². The maximum absolute atomic E-state index is 12.1. The largest absolute Gasteiger partial charge is 0.288 e. The van der Waals surface area contributed by atoms with Crippen LogP contribution in [0.25, 0.3) is 0 Å². The normalized spacial score (nSPS) is 10.3. The van der Waals surface area contributed by atoms with E-state index in [1.807, 2.05) is 24.3 Å². The van der Waals surface area contributed by atoms with E-state index < -0.39 is 0 Å². The van der Waals surface area contributed by atoms with E-state index in [1.165, 1.54) is 24.7 Å². The van der Waals surface area contributed by atoms with Crippen molar-refractivity contribution in [3.63, 3.8) is 0 Å². The fourth-order valence-corrected chi connectivity index (χ4v) is 1.79. The van der Waals surface area contributed by atoms with Crippen LogP contribution in [0.4, 0.5) is 0 Å². The Hall–Kier alpha value is -2.03. The monoisotopic (exact) mass is 240 g/mol. The van der Waals surface area contributed by atoms with E-state index in [0.717, 1.165) is 6.42 Å². The lowest BCUT2D eigenvalue weighted by Crippen LogP contribution is -2.02. The third-order valence-corrected chi connectivity index (χ3v) is 2.86. The molecule has 0 N–H and O–H groups in total. The highest BCUT2D eigenvalue weighted by Gasteiger charge is 2.08. The van der Waals surface area contributed by atoms with Crippen LogP contribution in [-0.2, 0) is 6.42 Å². The summed E-state index contributed by atoms with van der Waals surface area (Å²) in [4.78, 5) is 19.8. The number of rotatable bonds is 5. The predicted octanol–water partition coefficient (Wildman–Crippen LogP) is 3.05. The Morgan fingerprint density at radius 1 is 1.06 bits per heavy atom. The number of unbranched alkanes of at least 4 members (excludes halogenated alkanes) is 1. The van der Waals surface area contributed by atoms with Crippen LogP contribution in [0.1, 0.15) is 41.3 Å². The van der Waals surface area contributed by atoms with E-state index >= 15 is 0 Å². The Kier molecular flexibility index (Phi) is 4.18. The smallest absolute Gasteiger partial charge is 0.196 e. The third-order valence-electron chi connectivity index (χ3n) is 2.86. The number of benzene rings is 1. The van der Waals surface area contributed by atoms with Crippen molar-refractivity contribution in [1.82, 2.24) is 9.97 Å². The van der Waals surface area contributed by atoms with Gasteiger partial charge in [0.2, 0.25) is 0 Å². The Balaban J connectivity index is 2.12. The zero-order valence-electron chi connectivity index (χ0n) is 10.5. The van der Waals surface area contributed by atoms with Crippen molar-refractivity contribution in [3.05, 3.63) is 59.7 Å². The van der Waals surface area contributed by atoms with Crippen LogP contribution < -0.4 is 0 Å². The van der Waals surface area contributed by atoms with Crippen LogP contribution >= 0.6 is 0 Å². The highest BCUT2D eigenvalue weighted by Crippen LogP contribution is 2.11. The second-order valence-corrected chi connectivity index (χ2v) is 4.26. The number of nitrogens with zero attached hydrogens (tertiary/aromatic N) is 2. The zero-order chi connectivity index (χ0) is 12.8. The van der Waals surface area contributed by atoms with E-state index in [0.29, 0.717) is 11.1 Å². The van der Waals surface area contributed by atoms with Gasteiger partial charge in [0, 0.05) is 18.0 Å². The minimum Gasteiger partial charge on any atom is -0.288 e. The van der Waals surface area contributed by atoms with Crippen LogP contribution in [0.2, 0.25) is 0 Å². The molecule has 0 bridgehead atoms. The molecular weight excluding hydrogens is 224 g/mol. The molecule has 0 atom stereocenters. The van der Waals surface area contributed by atoms with Crippen LogP contribution in [0, 0.1) is 0 Å². The number of hydrogen-bond acceptors (Lipinski definition) is 3. The van der Waals surface area contributed by atoms with Crippen LogP contribution in [-0.4, -0.2) is 15.8 Å². The van der Waals surface area contributed by atoms with Gasteiger partial charge in [0.15, 0.2) is 5.78 Å². The fraction of sp³-hybridized carbons (Fsp3) is 0.267. The first-order chi connectivity index (χ1) is 8.81. The second kappa shape index (κ2) is 6.05. The molecule has 2 aromatic rings. The average molecular weight is 240 g/mol. The van der Waals surface area contributed by atoms with Gasteiger partial charge in [-0.25, -0.2) is 9.97 Å². The van der Waals surface area contributed by atoms with E-state index in [9.17, 15) is 4.79 Å². The summed E-state index contributed by atoms with van der Waals surface area (Å²) in [5.74, 6) is -0.0300. The summed E-state index contributed by atoms with van der Waals surface area (Å²) in [5.41, 5.74) is 2.49. The molecule has 0 fully saturated rings. The first kappa shape index (κ1) is 12.4. The Labute approximate surface area is 107 Å². The molecule has 1 aromatic carbocycles. The summed E-state index contributed by atoms with van der Waals surface area (Å²) in [7, 11) is 0. The van der Waals surface area contributed by atoms with Gasteiger partial charge in [0.1, 0.15) is 6.33 Å². The number of aromatic nitrogens is 2. The van der Waals surface area contributed by atoms with Gasteiger partial charge in [-0.2, -0.15) is 0 Å². The number of aryl methyl sites for hydroxylation is 1. The van der Waals surface area contributed by atoms with Crippen LogP contribution in [0.5, 0.6) is 0 Å². The van der Waals surface area contributed by atoms with E-state index in [2.05, 4.69) is 16.9 Å². The predicted molar refractivity (Wildman–Crippen MR) is 70.5 cm³/mol. The van der Waals surface area contributed by atoms with Gasteiger partial charge in [0.05, 0.1) is 5.56 Å². The molecule has 2 rings (SSSR count). The summed E-state index contributed by atoms with van der Waals surface area (Å²) < 4.78 is 0. The average Bonchev–Trinajstić information content (AvgIpc) is 2.46. The molecule has 0 saturated carbocycles. The zero-order valence-corrected chi connectivity index (χ0v) is 10.5. The number of ketones is 1. The van der Waals surface area contributed by atoms with Gasteiger partial charge in [-0.05, 0) is 18.4 Å². The van der Waals surface area contributed by atoms with E-state index in [-0.39, 0.29) is 5.78 Å². The minimum atomic E-state index is -0.0300. The molecule has 1 aromatic heterocycles. The number of hydrogen-bond donors (Lipinski definition) is 0. The molecule has 1 heterocycles. The summed E-state index contributed by atoms with van der Waals surface area (Å²) >= 11 is 0. The van der Waals surface area contributed by atoms with Crippen LogP contribution in [0.3, 0.4) is 0 Å². The molecule has 0 saturated heterocycles. The molecule has 3 heteroatoms. The minimum absolute atomic E-state index is 0.0300. The lowest BCUT2D eigenvalue weighted by molar-refractivity contribution is 0.103. The quantitative estimate of drug-likeness (QED) is 0.754. The molecule has 0 aliphatic rings. The lowest BCUT2D eigenvalue weighted by atomic mass is 10.0. The summed E-state index contributed by atoms with van der Waals surface area (Å²) in [5, 5.41) is 0. The summed E-state index contributed by atoms with van der Waals surface area (Å²) in [6.07, 6.45) is 7.94. The molecule has 3 nitrogen and oxygen atoms in total. The molecule has 92 valence electrons. The molecule has 0 aliphatic heterocycles. The van der Waals surface area contributed by atoms with Crippen molar-refractivity contribution < 1.29 is 4.79 Å². The van der Waals surface area contributed by atoms with Crippen molar-refractivity contribution in [2.75, 3.05) is 0 Å². The molecule has 0 unspecified atom stereocenters. The Morgan fingerprint density at radius 3 is 2.33 bits per heavy atom. The molecular formula is C15H16N2O. The van der Waals surface area contributed by atoms with Gasteiger partial charge in [-0.1, -0.05) is 37.6 Å². The molecule has 0 spiro atoms. The Morgan fingerprint density at radius 2 is 1.72 bits per heavy atom. The topological polar surface area (TPSA) is 42.9 Å². The fourth-order valence-electron chi connectivity index (χ4n) is 1.79. The Bertz CT molecular complexity index is 506. The summed E-state index contributed by atoms with van der Waals surface area (Å²) in [6, 6.07) is 7.79. The molecule has 18 heavy (non-hydrogen) atoms. The van der Waals surface area contributed by atoms with E-state index in [1.54, 1.807) is 12.4 Å². The van der Waals surface area contributed by atoms with Crippen LogP contribution in [0.15, 0.2) is 43.0 Å². The first-order valence-electron chi connectivity index (χ1n) is 6.20. The molecule has 0 radical (unpaired) electrons. The highest BCUT2D eigenvalue weighted by molar-refractivity contribution is 6.08.